The van der Waals surface area contributed by atoms with Crippen molar-refractivity contribution in [3.63, 3.8) is 0 Å². The zero-order chi connectivity index (χ0) is 17.5. The summed E-state index contributed by atoms with van der Waals surface area (Å²) in [6, 6.07) is 15.0. The molecule has 2 aromatic carbocycles. The molecular weight excluding hydrogens is 302 g/mol. The van der Waals surface area contributed by atoms with Crippen LogP contribution in [0.1, 0.15) is 49.2 Å². The Hall–Kier alpha value is -2.49. The smallest absolute Gasteiger partial charge is 0.255 e. The lowest BCUT2D eigenvalue weighted by Crippen LogP contribution is -2.28. The van der Waals surface area contributed by atoms with Gasteiger partial charge in [-0.3, -0.25) is 4.79 Å². The number of hydrogen-bond donors (Lipinski definition) is 1. The summed E-state index contributed by atoms with van der Waals surface area (Å²) in [5, 5.41) is 3.09. The number of carbonyl (C=O) groups excluding carboxylic acids is 1. The van der Waals surface area contributed by atoms with Gasteiger partial charge in [-0.2, -0.15) is 0 Å². The summed E-state index contributed by atoms with van der Waals surface area (Å²) >= 11 is 0. The van der Waals surface area contributed by atoms with Gasteiger partial charge in [0.15, 0.2) is 0 Å². The van der Waals surface area contributed by atoms with Gasteiger partial charge in [-0.25, -0.2) is 0 Å². The lowest BCUT2D eigenvalue weighted by Gasteiger charge is -2.19. The Balaban J connectivity index is 2.17. The third-order valence-electron chi connectivity index (χ3n) is 3.73. The molecule has 1 amide bonds. The van der Waals surface area contributed by atoms with Crippen molar-refractivity contribution in [2.75, 3.05) is 7.11 Å². The van der Waals surface area contributed by atoms with Crippen LogP contribution in [0.25, 0.3) is 0 Å². The molecule has 0 aliphatic carbocycles. The van der Waals surface area contributed by atoms with Gasteiger partial charge in [0, 0.05) is 0 Å². The highest BCUT2D eigenvalue weighted by Gasteiger charge is 2.17. The number of rotatable bonds is 7. The van der Waals surface area contributed by atoms with E-state index in [9.17, 15) is 4.79 Å². The molecule has 2 rings (SSSR count). The van der Waals surface area contributed by atoms with Gasteiger partial charge in [0.05, 0.1) is 24.8 Å². The van der Waals surface area contributed by atoms with Gasteiger partial charge in [0.2, 0.25) is 0 Å². The summed E-state index contributed by atoms with van der Waals surface area (Å²) in [6.45, 7) is 5.94. The van der Waals surface area contributed by atoms with Gasteiger partial charge in [-0.05, 0) is 50.1 Å². The summed E-state index contributed by atoms with van der Waals surface area (Å²) < 4.78 is 10.9. The quantitative estimate of drug-likeness (QED) is 0.822. The summed E-state index contributed by atoms with van der Waals surface area (Å²) in [5.74, 6) is 1.28. The second kappa shape index (κ2) is 8.39. The highest BCUT2D eigenvalue weighted by molar-refractivity contribution is 5.97. The molecule has 24 heavy (non-hydrogen) atoms. The predicted molar refractivity (Wildman–Crippen MR) is 95.7 cm³/mol. The molecule has 0 radical (unpaired) electrons. The average molecular weight is 327 g/mol. The summed E-state index contributed by atoms with van der Waals surface area (Å²) in [4.78, 5) is 12.7. The van der Waals surface area contributed by atoms with E-state index in [0.717, 1.165) is 17.7 Å². The van der Waals surface area contributed by atoms with E-state index in [1.807, 2.05) is 63.2 Å². The first-order chi connectivity index (χ1) is 11.5. The number of benzene rings is 2. The first-order valence-corrected chi connectivity index (χ1v) is 8.25. The van der Waals surface area contributed by atoms with Gasteiger partial charge in [0.1, 0.15) is 11.5 Å². The number of para-hydroxylation sites is 1. The topological polar surface area (TPSA) is 47.6 Å². The van der Waals surface area contributed by atoms with Crippen LogP contribution in [0, 0.1) is 0 Å². The summed E-state index contributed by atoms with van der Waals surface area (Å²) in [6.07, 6.45) is 0.813. The molecule has 4 nitrogen and oxygen atoms in total. The van der Waals surface area contributed by atoms with Crippen LogP contribution in [-0.4, -0.2) is 19.1 Å². The van der Waals surface area contributed by atoms with Crippen LogP contribution in [0.15, 0.2) is 48.5 Å². The van der Waals surface area contributed by atoms with Crippen LogP contribution in [0.4, 0.5) is 0 Å². The lowest BCUT2D eigenvalue weighted by atomic mass is 10.0. The van der Waals surface area contributed by atoms with Gasteiger partial charge in [-0.15, -0.1) is 0 Å². The Kier molecular flexibility index (Phi) is 6.24. The minimum Gasteiger partial charge on any atom is -0.497 e. The first-order valence-electron chi connectivity index (χ1n) is 8.25. The summed E-state index contributed by atoms with van der Waals surface area (Å²) in [7, 11) is 1.64. The molecular formula is C20H25NO3. The number of ether oxygens (including phenoxy) is 2. The first kappa shape index (κ1) is 17.9. The number of nitrogens with one attached hydrogen (secondary N) is 1. The van der Waals surface area contributed by atoms with Crippen molar-refractivity contribution in [2.45, 2.75) is 39.3 Å². The molecule has 0 saturated carbocycles. The highest BCUT2D eigenvalue weighted by atomic mass is 16.5. The van der Waals surface area contributed by atoms with Crippen LogP contribution < -0.4 is 14.8 Å². The van der Waals surface area contributed by atoms with Gasteiger partial charge in [0.25, 0.3) is 5.91 Å². The molecule has 1 atom stereocenters. The molecule has 0 bridgehead atoms. The Morgan fingerprint density at radius 1 is 1.08 bits per heavy atom. The van der Waals surface area contributed by atoms with Crippen molar-refractivity contribution in [1.82, 2.24) is 5.32 Å². The van der Waals surface area contributed by atoms with E-state index in [1.54, 1.807) is 13.2 Å². The molecule has 0 aliphatic rings. The van der Waals surface area contributed by atoms with Gasteiger partial charge < -0.3 is 14.8 Å². The molecule has 0 aromatic heterocycles. The largest absolute Gasteiger partial charge is 0.497 e. The number of amides is 1. The number of hydrogen-bond acceptors (Lipinski definition) is 3. The van der Waals surface area contributed by atoms with E-state index in [2.05, 4.69) is 5.32 Å². The normalized spacial score (nSPS) is 11.9. The minimum absolute atomic E-state index is 0.0162. The molecule has 0 fully saturated rings. The van der Waals surface area contributed by atoms with Crippen LogP contribution in [0.5, 0.6) is 11.5 Å². The van der Waals surface area contributed by atoms with E-state index in [-0.39, 0.29) is 18.1 Å². The van der Waals surface area contributed by atoms with E-state index in [1.165, 1.54) is 0 Å². The second-order valence-corrected chi connectivity index (χ2v) is 5.87. The monoisotopic (exact) mass is 327 g/mol. The van der Waals surface area contributed by atoms with Crippen LogP contribution >= 0.6 is 0 Å². The van der Waals surface area contributed by atoms with Crippen molar-refractivity contribution < 1.29 is 14.3 Å². The standard InChI is InChI=1S/C20H25NO3/c1-5-18(15-10-12-16(23-4)13-11-15)21-20(22)17-8-6-7-9-19(17)24-14(2)3/h6-14,18H,5H2,1-4H3,(H,21,22)/t18-/m1/s1. The molecule has 0 aliphatic heterocycles. The fraction of sp³-hybridized carbons (Fsp3) is 0.350. The maximum Gasteiger partial charge on any atom is 0.255 e. The SMILES string of the molecule is CC[C@@H](NC(=O)c1ccccc1OC(C)C)c1ccc(OC)cc1. The molecule has 128 valence electrons. The van der Waals surface area contributed by atoms with Crippen molar-refractivity contribution in [3.05, 3.63) is 59.7 Å². The van der Waals surface area contributed by atoms with E-state index in [4.69, 9.17) is 9.47 Å². The van der Waals surface area contributed by atoms with Crippen molar-refractivity contribution in [1.29, 1.82) is 0 Å². The zero-order valence-electron chi connectivity index (χ0n) is 14.7. The van der Waals surface area contributed by atoms with Crippen molar-refractivity contribution >= 4 is 5.91 Å². The van der Waals surface area contributed by atoms with Gasteiger partial charge in [-0.1, -0.05) is 31.2 Å². The number of carbonyl (C=O) groups is 1. The molecule has 2 aromatic rings. The number of methoxy groups -OCH3 is 1. The van der Waals surface area contributed by atoms with E-state index >= 15 is 0 Å². The molecule has 0 heterocycles. The van der Waals surface area contributed by atoms with Gasteiger partial charge >= 0.3 is 0 Å². The molecule has 1 N–H and O–H groups in total. The van der Waals surface area contributed by atoms with Crippen molar-refractivity contribution in [3.8, 4) is 11.5 Å². The predicted octanol–water partition coefficient (Wildman–Crippen LogP) is 4.36. The minimum atomic E-state index is -0.131. The maximum absolute atomic E-state index is 12.7. The average Bonchev–Trinajstić information content (AvgIpc) is 2.59. The van der Waals surface area contributed by atoms with E-state index < -0.39 is 0 Å². The molecule has 0 spiro atoms. The highest BCUT2D eigenvalue weighted by Crippen LogP contribution is 2.23. The Bertz CT molecular complexity index is 665. The third kappa shape index (κ3) is 4.51. The summed E-state index contributed by atoms with van der Waals surface area (Å²) in [5.41, 5.74) is 1.60. The molecule has 0 unspecified atom stereocenters. The third-order valence-corrected chi connectivity index (χ3v) is 3.73. The second-order valence-electron chi connectivity index (χ2n) is 5.87. The van der Waals surface area contributed by atoms with E-state index in [0.29, 0.717) is 11.3 Å². The Morgan fingerprint density at radius 2 is 1.75 bits per heavy atom. The Labute approximate surface area is 143 Å². The maximum atomic E-state index is 12.7. The molecule has 4 heteroatoms. The van der Waals surface area contributed by atoms with Crippen molar-refractivity contribution in [2.24, 2.45) is 0 Å². The van der Waals surface area contributed by atoms with Crippen LogP contribution in [-0.2, 0) is 0 Å². The van der Waals surface area contributed by atoms with Crippen LogP contribution in [0.3, 0.4) is 0 Å². The molecule has 0 saturated heterocycles. The Morgan fingerprint density at radius 3 is 2.33 bits per heavy atom. The lowest BCUT2D eigenvalue weighted by molar-refractivity contribution is 0.0929. The fourth-order valence-corrected chi connectivity index (χ4v) is 2.50. The van der Waals surface area contributed by atoms with Crippen LogP contribution in [0.2, 0.25) is 0 Å². The zero-order valence-corrected chi connectivity index (χ0v) is 14.7. The fourth-order valence-electron chi connectivity index (χ4n) is 2.50.